The van der Waals surface area contributed by atoms with Gasteiger partial charge in [0, 0.05) is 12.6 Å². The van der Waals surface area contributed by atoms with E-state index in [1.807, 2.05) is 44.2 Å². The lowest BCUT2D eigenvalue weighted by Gasteiger charge is -2.40. The van der Waals surface area contributed by atoms with Crippen molar-refractivity contribution < 1.29 is 29.3 Å². The van der Waals surface area contributed by atoms with E-state index in [2.05, 4.69) is 6.58 Å². The van der Waals surface area contributed by atoms with E-state index in [4.69, 9.17) is 4.74 Å². The minimum atomic E-state index is -1.23. The molecule has 184 valence electrons. The highest BCUT2D eigenvalue weighted by molar-refractivity contribution is 5.98. The molecule has 3 aliphatic heterocycles. The Morgan fingerprint density at radius 3 is 2.53 bits per heavy atom. The van der Waals surface area contributed by atoms with Crippen molar-refractivity contribution >= 4 is 17.8 Å². The zero-order valence-electron chi connectivity index (χ0n) is 20.0. The van der Waals surface area contributed by atoms with E-state index in [1.165, 1.54) is 4.90 Å². The third-order valence-electron chi connectivity index (χ3n) is 7.87. The van der Waals surface area contributed by atoms with Crippen LogP contribution in [0, 0.1) is 11.8 Å². The van der Waals surface area contributed by atoms with Gasteiger partial charge in [0.25, 0.3) is 0 Å². The zero-order valence-corrected chi connectivity index (χ0v) is 20.0. The number of fused-ring (bicyclic) bond motifs is 1. The van der Waals surface area contributed by atoms with Crippen LogP contribution in [0.4, 0.5) is 0 Å². The predicted octanol–water partition coefficient (Wildman–Crippen LogP) is 1.86. The second-order valence-corrected chi connectivity index (χ2v) is 10.2. The summed E-state index contributed by atoms with van der Waals surface area (Å²) in [5, 5.41) is 20.5. The van der Waals surface area contributed by atoms with Crippen molar-refractivity contribution in [2.45, 2.75) is 69.4 Å². The summed E-state index contributed by atoms with van der Waals surface area (Å²) in [7, 11) is 0. The second kappa shape index (κ2) is 8.82. The Kier molecular flexibility index (Phi) is 6.33. The Hall–Kier alpha value is -2.71. The summed E-state index contributed by atoms with van der Waals surface area (Å²) in [4.78, 5) is 43.5. The number of carboxylic acid groups (broad SMARTS) is 1. The normalized spacial score (nSPS) is 32.7. The number of aliphatic carboxylic acids is 1. The van der Waals surface area contributed by atoms with E-state index < -0.39 is 47.0 Å². The number of benzene rings is 1. The lowest BCUT2D eigenvalue weighted by atomic mass is 9.66. The molecule has 1 spiro atoms. The number of ether oxygens (including phenoxy) is 1. The van der Waals surface area contributed by atoms with Gasteiger partial charge in [0.05, 0.1) is 30.1 Å². The molecule has 3 fully saturated rings. The van der Waals surface area contributed by atoms with Gasteiger partial charge in [-0.05, 0) is 45.6 Å². The van der Waals surface area contributed by atoms with E-state index in [9.17, 15) is 24.6 Å². The summed E-state index contributed by atoms with van der Waals surface area (Å²) in [6.45, 7) is 9.21. The maximum Gasteiger partial charge on any atom is 0.310 e. The first-order valence-electron chi connectivity index (χ1n) is 11.9. The molecule has 8 heteroatoms. The van der Waals surface area contributed by atoms with Gasteiger partial charge in [-0.25, -0.2) is 0 Å². The van der Waals surface area contributed by atoms with Gasteiger partial charge >= 0.3 is 5.97 Å². The quantitative estimate of drug-likeness (QED) is 0.534. The summed E-state index contributed by atoms with van der Waals surface area (Å²) in [5.41, 5.74) is -1.33. The van der Waals surface area contributed by atoms with Gasteiger partial charge < -0.3 is 24.7 Å². The first kappa shape index (κ1) is 24.4. The molecule has 0 radical (unpaired) electrons. The predicted molar refractivity (Wildman–Crippen MR) is 125 cm³/mol. The topological polar surface area (TPSA) is 107 Å². The number of carboxylic acids is 1. The smallest absolute Gasteiger partial charge is 0.310 e. The fourth-order valence-corrected chi connectivity index (χ4v) is 6.40. The number of amides is 2. The van der Waals surface area contributed by atoms with Crippen LogP contribution in [0.1, 0.15) is 39.2 Å². The van der Waals surface area contributed by atoms with Crippen LogP contribution in [0.5, 0.6) is 0 Å². The van der Waals surface area contributed by atoms with Crippen molar-refractivity contribution in [1.82, 2.24) is 9.80 Å². The monoisotopic (exact) mass is 470 g/mol. The van der Waals surface area contributed by atoms with Crippen molar-refractivity contribution in [2.75, 3.05) is 13.2 Å². The van der Waals surface area contributed by atoms with Gasteiger partial charge in [0.15, 0.2) is 0 Å². The number of hydrogen-bond acceptors (Lipinski definition) is 5. The number of hydrogen-bond donors (Lipinski definition) is 2. The van der Waals surface area contributed by atoms with Gasteiger partial charge in [-0.15, -0.1) is 6.58 Å². The average molecular weight is 471 g/mol. The fourth-order valence-electron chi connectivity index (χ4n) is 6.40. The van der Waals surface area contributed by atoms with Crippen molar-refractivity contribution in [2.24, 2.45) is 11.8 Å². The Morgan fingerprint density at radius 2 is 1.97 bits per heavy atom. The summed E-state index contributed by atoms with van der Waals surface area (Å²) in [6, 6.07) is 7.58. The van der Waals surface area contributed by atoms with Gasteiger partial charge in [-0.3, -0.25) is 14.4 Å². The molecule has 3 aliphatic rings. The molecule has 0 aliphatic carbocycles. The SMILES string of the molecule is C=CCN(C(=O)C1N([C@@H](CO)Cc2ccccc2)C(=O)[C@@H]2[C@@H](C(=O)O)[C@@]3(C)CCC12O3)C(C)C. The molecular weight excluding hydrogens is 436 g/mol. The van der Waals surface area contributed by atoms with Crippen molar-refractivity contribution in [3.8, 4) is 0 Å². The highest BCUT2D eigenvalue weighted by atomic mass is 16.5. The maximum absolute atomic E-state index is 14.1. The van der Waals surface area contributed by atoms with Crippen LogP contribution in [0.3, 0.4) is 0 Å². The van der Waals surface area contributed by atoms with Crippen LogP contribution in [0.2, 0.25) is 0 Å². The van der Waals surface area contributed by atoms with Gasteiger partial charge in [0.1, 0.15) is 11.6 Å². The molecule has 1 aromatic carbocycles. The van der Waals surface area contributed by atoms with Crippen LogP contribution >= 0.6 is 0 Å². The largest absolute Gasteiger partial charge is 0.481 e. The number of carbonyl (C=O) groups is 3. The van der Waals surface area contributed by atoms with Crippen LogP contribution in [0.25, 0.3) is 0 Å². The van der Waals surface area contributed by atoms with Gasteiger partial charge in [-0.2, -0.15) is 0 Å². The van der Waals surface area contributed by atoms with Crippen molar-refractivity contribution in [3.63, 3.8) is 0 Å². The molecule has 4 rings (SSSR count). The van der Waals surface area contributed by atoms with E-state index in [0.29, 0.717) is 19.3 Å². The number of rotatable bonds is 9. The zero-order chi connectivity index (χ0) is 24.8. The molecule has 8 nitrogen and oxygen atoms in total. The summed E-state index contributed by atoms with van der Waals surface area (Å²) in [5.74, 6) is -3.83. The minimum absolute atomic E-state index is 0.163. The summed E-state index contributed by atoms with van der Waals surface area (Å²) >= 11 is 0. The Bertz CT molecular complexity index is 981. The first-order chi connectivity index (χ1) is 16.1. The van der Waals surface area contributed by atoms with Crippen LogP contribution in [-0.2, 0) is 25.5 Å². The third-order valence-corrected chi connectivity index (χ3v) is 7.87. The van der Waals surface area contributed by atoms with E-state index in [-0.39, 0.29) is 25.1 Å². The molecule has 2 unspecified atom stereocenters. The second-order valence-electron chi connectivity index (χ2n) is 10.2. The Morgan fingerprint density at radius 1 is 1.29 bits per heavy atom. The van der Waals surface area contributed by atoms with E-state index in [0.717, 1.165) is 5.56 Å². The number of aliphatic hydroxyl groups is 1. The third kappa shape index (κ3) is 3.55. The standard InChI is InChI=1S/C26H34N2O6/c1-5-13-27(16(2)3)23(31)21-26-12-11-25(4,34-26)20(24(32)33)19(26)22(30)28(21)18(15-29)14-17-9-7-6-8-10-17/h5-10,16,18-21,29H,1,11-15H2,2-4H3,(H,32,33)/t18-,19+,20+,21?,25-,26?/m1/s1. The maximum atomic E-state index is 14.1. The number of nitrogens with zero attached hydrogens (tertiary/aromatic N) is 2. The molecule has 0 aromatic heterocycles. The van der Waals surface area contributed by atoms with Crippen molar-refractivity contribution in [1.29, 1.82) is 0 Å². The highest BCUT2D eigenvalue weighted by Crippen LogP contribution is 2.63. The number of aliphatic hydroxyl groups excluding tert-OH is 1. The lowest BCUT2D eigenvalue weighted by molar-refractivity contribution is -0.159. The molecule has 1 aromatic rings. The number of carbonyl (C=O) groups excluding carboxylic acids is 2. The molecule has 3 saturated heterocycles. The summed E-state index contributed by atoms with van der Waals surface area (Å²) in [6.07, 6.45) is 2.85. The Balaban J connectivity index is 1.82. The molecule has 2 bridgehead atoms. The highest BCUT2D eigenvalue weighted by Gasteiger charge is 2.78. The average Bonchev–Trinajstić information content (AvgIpc) is 3.36. The first-order valence-corrected chi connectivity index (χ1v) is 11.9. The molecule has 6 atom stereocenters. The minimum Gasteiger partial charge on any atom is -0.481 e. The molecule has 2 N–H and O–H groups in total. The molecule has 34 heavy (non-hydrogen) atoms. The van der Waals surface area contributed by atoms with Crippen LogP contribution < -0.4 is 0 Å². The van der Waals surface area contributed by atoms with E-state index in [1.54, 1.807) is 17.9 Å². The Labute approximate surface area is 200 Å². The van der Waals surface area contributed by atoms with Gasteiger partial charge in [0.2, 0.25) is 11.8 Å². The fraction of sp³-hybridized carbons (Fsp3) is 0.577. The lowest BCUT2D eigenvalue weighted by Crippen LogP contribution is -2.60. The summed E-state index contributed by atoms with van der Waals surface area (Å²) < 4.78 is 6.43. The molecule has 0 saturated carbocycles. The van der Waals surface area contributed by atoms with E-state index >= 15 is 0 Å². The van der Waals surface area contributed by atoms with Crippen LogP contribution in [-0.4, -0.2) is 80.3 Å². The van der Waals surface area contributed by atoms with Crippen LogP contribution in [0.15, 0.2) is 43.0 Å². The molecular formula is C26H34N2O6. The van der Waals surface area contributed by atoms with Crippen molar-refractivity contribution in [3.05, 3.63) is 48.6 Å². The molecule has 3 heterocycles. The number of likely N-dealkylation sites (tertiary alicyclic amines) is 1. The molecule has 2 amide bonds. The van der Waals surface area contributed by atoms with Gasteiger partial charge in [-0.1, -0.05) is 36.4 Å².